The van der Waals surface area contributed by atoms with Gasteiger partial charge in [0.2, 0.25) is 0 Å². The molecule has 23 heavy (non-hydrogen) atoms. The second kappa shape index (κ2) is 9.26. The van der Waals surface area contributed by atoms with E-state index in [2.05, 4.69) is 5.32 Å². The molecule has 0 spiro atoms. The molecule has 0 bridgehead atoms. The first-order valence-corrected chi connectivity index (χ1v) is 8.11. The summed E-state index contributed by atoms with van der Waals surface area (Å²) in [4.78, 5) is 23.9. The smallest absolute Gasteiger partial charge is 0.316 e. The SMILES string of the molecule is COCCNC(=O)COC(=O)CSc1ccc2c(c1)OCCO2. The van der Waals surface area contributed by atoms with Gasteiger partial charge in [-0.15, -0.1) is 11.8 Å². The highest BCUT2D eigenvalue weighted by molar-refractivity contribution is 8.00. The van der Waals surface area contributed by atoms with Crippen molar-refractivity contribution in [2.75, 3.05) is 45.8 Å². The average molecular weight is 341 g/mol. The molecule has 0 saturated heterocycles. The second-order valence-corrected chi connectivity index (χ2v) is 5.65. The number of ether oxygens (including phenoxy) is 4. The minimum Gasteiger partial charge on any atom is -0.486 e. The van der Waals surface area contributed by atoms with Gasteiger partial charge in [0.05, 0.1) is 12.4 Å². The molecule has 1 aromatic carbocycles. The molecule has 1 aliphatic heterocycles. The minimum absolute atomic E-state index is 0.116. The Balaban J connectivity index is 1.69. The van der Waals surface area contributed by atoms with Crippen LogP contribution in [0.3, 0.4) is 0 Å². The number of benzene rings is 1. The van der Waals surface area contributed by atoms with E-state index in [0.29, 0.717) is 37.9 Å². The summed E-state index contributed by atoms with van der Waals surface area (Å²) in [6.45, 7) is 1.57. The van der Waals surface area contributed by atoms with Gasteiger partial charge in [-0.25, -0.2) is 0 Å². The van der Waals surface area contributed by atoms with E-state index in [0.717, 1.165) is 4.90 Å². The van der Waals surface area contributed by atoms with Crippen molar-refractivity contribution in [3.63, 3.8) is 0 Å². The highest BCUT2D eigenvalue weighted by Crippen LogP contribution is 2.34. The van der Waals surface area contributed by atoms with Crippen LogP contribution in [0.1, 0.15) is 0 Å². The van der Waals surface area contributed by atoms with Crippen molar-refractivity contribution in [3.8, 4) is 11.5 Å². The van der Waals surface area contributed by atoms with Crippen LogP contribution in [-0.2, 0) is 19.1 Å². The van der Waals surface area contributed by atoms with Crippen molar-refractivity contribution in [2.45, 2.75) is 4.90 Å². The predicted octanol–water partition coefficient (Wildman–Crippen LogP) is 0.856. The third-order valence-corrected chi connectivity index (χ3v) is 3.83. The minimum atomic E-state index is -0.452. The van der Waals surface area contributed by atoms with Crippen molar-refractivity contribution in [2.24, 2.45) is 0 Å². The van der Waals surface area contributed by atoms with Crippen LogP contribution in [0.4, 0.5) is 0 Å². The number of carbonyl (C=O) groups is 2. The summed E-state index contributed by atoms with van der Waals surface area (Å²) in [7, 11) is 1.54. The van der Waals surface area contributed by atoms with Crippen LogP contribution < -0.4 is 14.8 Å². The topological polar surface area (TPSA) is 83.1 Å². The number of amides is 1. The number of hydrogen-bond donors (Lipinski definition) is 1. The Morgan fingerprint density at radius 2 is 2.04 bits per heavy atom. The lowest BCUT2D eigenvalue weighted by Gasteiger charge is -2.18. The molecule has 0 saturated carbocycles. The van der Waals surface area contributed by atoms with E-state index in [4.69, 9.17) is 18.9 Å². The van der Waals surface area contributed by atoms with Gasteiger partial charge < -0.3 is 24.3 Å². The third kappa shape index (κ3) is 5.99. The van der Waals surface area contributed by atoms with Gasteiger partial charge in [0.15, 0.2) is 18.1 Å². The lowest BCUT2D eigenvalue weighted by atomic mass is 10.3. The zero-order chi connectivity index (χ0) is 16.5. The van der Waals surface area contributed by atoms with Gasteiger partial charge in [-0.05, 0) is 18.2 Å². The van der Waals surface area contributed by atoms with E-state index < -0.39 is 5.97 Å². The standard InChI is InChI=1S/C15H19NO6S/c1-19-5-4-16-14(17)9-22-15(18)10-23-11-2-3-12-13(8-11)21-7-6-20-12/h2-3,8H,4-7,9-10H2,1H3,(H,16,17). The summed E-state index contributed by atoms with van der Waals surface area (Å²) in [5, 5.41) is 2.57. The molecule has 7 nitrogen and oxygen atoms in total. The maximum atomic E-state index is 11.6. The molecule has 8 heteroatoms. The Kier molecular flexibility index (Phi) is 7.02. The number of methoxy groups -OCH3 is 1. The first kappa shape index (κ1) is 17.4. The molecule has 2 rings (SSSR count). The fourth-order valence-electron chi connectivity index (χ4n) is 1.79. The molecular formula is C15H19NO6S. The molecule has 0 fully saturated rings. The van der Waals surface area contributed by atoms with Gasteiger partial charge in [0.25, 0.3) is 5.91 Å². The highest BCUT2D eigenvalue weighted by atomic mass is 32.2. The molecule has 0 radical (unpaired) electrons. The first-order valence-electron chi connectivity index (χ1n) is 7.13. The molecule has 1 amide bonds. The van der Waals surface area contributed by atoms with Gasteiger partial charge in [0.1, 0.15) is 13.2 Å². The molecule has 0 atom stereocenters. The van der Waals surface area contributed by atoms with Crippen LogP contribution in [0.25, 0.3) is 0 Å². The average Bonchev–Trinajstić information content (AvgIpc) is 2.58. The molecule has 1 heterocycles. The molecule has 0 aromatic heterocycles. The van der Waals surface area contributed by atoms with E-state index in [1.807, 2.05) is 18.2 Å². The summed E-state index contributed by atoms with van der Waals surface area (Å²) >= 11 is 1.31. The second-order valence-electron chi connectivity index (χ2n) is 4.60. The van der Waals surface area contributed by atoms with E-state index in [1.54, 1.807) is 7.11 Å². The molecular weight excluding hydrogens is 322 g/mol. The largest absolute Gasteiger partial charge is 0.486 e. The number of fused-ring (bicyclic) bond motifs is 1. The predicted molar refractivity (Wildman–Crippen MR) is 84.0 cm³/mol. The molecule has 1 N–H and O–H groups in total. The third-order valence-electron chi connectivity index (χ3n) is 2.86. The van der Waals surface area contributed by atoms with Crippen molar-refractivity contribution in [1.29, 1.82) is 0 Å². The quantitative estimate of drug-likeness (QED) is 0.426. The Labute approximate surface area is 138 Å². The Morgan fingerprint density at radius 1 is 1.26 bits per heavy atom. The monoisotopic (exact) mass is 341 g/mol. The number of carbonyl (C=O) groups excluding carboxylic acids is 2. The normalized spacial score (nSPS) is 12.6. The van der Waals surface area contributed by atoms with Gasteiger partial charge in [-0.3, -0.25) is 9.59 Å². The van der Waals surface area contributed by atoms with Crippen molar-refractivity contribution < 1.29 is 28.5 Å². The molecule has 0 unspecified atom stereocenters. The number of rotatable bonds is 8. The molecule has 1 aromatic rings. The Morgan fingerprint density at radius 3 is 2.83 bits per heavy atom. The van der Waals surface area contributed by atoms with E-state index in [-0.39, 0.29) is 18.3 Å². The van der Waals surface area contributed by atoms with Crippen LogP contribution in [0.15, 0.2) is 23.1 Å². The first-order chi connectivity index (χ1) is 11.2. The zero-order valence-electron chi connectivity index (χ0n) is 12.8. The van der Waals surface area contributed by atoms with Crippen LogP contribution in [0, 0.1) is 0 Å². The van der Waals surface area contributed by atoms with Crippen molar-refractivity contribution in [1.82, 2.24) is 5.32 Å². The Bertz CT molecular complexity index is 551. The van der Waals surface area contributed by atoms with E-state index >= 15 is 0 Å². The summed E-state index contributed by atoms with van der Waals surface area (Å²) in [5.74, 6) is 0.694. The van der Waals surface area contributed by atoms with Gasteiger partial charge in [-0.1, -0.05) is 0 Å². The van der Waals surface area contributed by atoms with Crippen molar-refractivity contribution in [3.05, 3.63) is 18.2 Å². The number of esters is 1. The van der Waals surface area contributed by atoms with Gasteiger partial charge in [-0.2, -0.15) is 0 Å². The van der Waals surface area contributed by atoms with E-state index in [1.165, 1.54) is 11.8 Å². The molecule has 126 valence electrons. The van der Waals surface area contributed by atoms with Crippen LogP contribution in [0.2, 0.25) is 0 Å². The summed E-state index contributed by atoms with van der Waals surface area (Å²) < 4.78 is 20.6. The summed E-state index contributed by atoms with van der Waals surface area (Å²) in [6, 6.07) is 5.48. The maximum absolute atomic E-state index is 11.6. The highest BCUT2D eigenvalue weighted by Gasteiger charge is 2.13. The van der Waals surface area contributed by atoms with Crippen LogP contribution in [-0.4, -0.2) is 57.7 Å². The number of nitrogens with one attached hydrogen (secondary N) is 1. The van der Waals surface area contributed by atoms with Gasteiger partial charge in [0, 0.05) is 18.6 Å². The summed E-state index contributed by atoms with van der Waals surface area (Å²) in [5.41, 5.74) is 0. The lowest BCUT2D eigenvalue weighted by molar-refractivity contribution is -0.145. The molecule has 0 aliphatic carbocycles. The fraction of sp³-hybridized carbons (Fsp3) is 0.467. The van der Waals surface area contributed by atoms with Crippen molar-refractivity contribution >= 4 is 23.6 Å². The zero-order valence-corrected chi connectivity index (χ0v) is 13.6. The number of thioether (sulfide) groups is 1. The number of hydrogen-bond acceptors (Lipinski definition) is 7. The van der Waals surface area contributed by atoms with Gasteiger partial charge >= 0.3 is 5.97 Å². The fourth-order valence-corrected chi connectivity index (χ4v) is 2.51. The maximum Gasteiger partial charge on any atom is 0.316 e. The summed E-state index contributed by atoms with van der Waals surface area (Å²) in [6.07, 6.45) is 0. The molecule has 1 aliphatic rings. The van der Waals surface area contributed by atoms with E-state index in [9.17, 15) is 9.59 Å². The Hall–Kier alpha value is -1.93. The lowest BCUT2D eigenvalue weighted by Crippen LogP contribution is -2.31. The van der Waals surface area contributed by atoms with Crippen LogP contribution in [0.5, 0.6) is 11.5 Å². The van der Waals surface area contributed by atoms with Crippen LogP contribution >= 0.6 is 11.8 Å².